The average Bonchev–Trinajstić information content (AvgIpc) is 2.37. The van der Waals surface area contributed by atoms with E-state index in [2.05, 4.69) is 0 Å². The summed E-state index contributed by atoms with van der Waals surface area (Å²) in [4.78, 5) is 11.4. The van der Waals surface area contributed by atoms with Crippen molar-refractivity contribution in [1.29, 1.82) is 0 Å². The maximum absolute atomic E-state index is 13.2. The molecule has 110 valence electrons. The highest BCUT2D eigenvalue weighted by Gasteiger charge is 2.42. The number of anilines is 1. The second-order valence-electron chi connectivity index (χ2n) is 4.72. The van der Waals surface area contributed by atoms with Crippen LogP contribution in [-0.4, -0.2) is 24.2 Å². The van der Waals surface area contributed by atoms with Crippen LogP contribution in [0.1, 0.15) is 12.8 Å². The highest BCUT2D eigenvalue weighted by Crippen LogP contribution is 2.37. The summed E-state index contributed by atoms with van der Waals surface area (Å²) in [6.45, 7) is -0.134. The number of rotatable bonds is 2. The molecule has 1 aromatic carbocycles. The molecule has 0 bridgehead atoms. The van der Waals surface area contributed by atoms with Crippen molar-refractivity contribution in [3.8, 4) is 0 Å². The third-order valence-electron chi connectivity index (χ3n) is 3.36. The van der Waals surface area contributed by atoms with E-state index in [-0.39, 0.29) is 37.3 Å². The SMILES string of the molecule is O=[N+]([O-])c1ccc(F)cc1N1CCCC(C(F)(F)F)C1. The van der Waals surface area contributed by atoms with Crippen LogP contribution in [0.3, 0.4) is 0 Å². The van der Waals surface area contributed by atoms with Gasteiger partial charge < -0.3 is 4.90 Å². The first-order valence-electron chi connectivity index (χ1n) is 6.04. The summed E-state index contributed by atoms with van der Waals surface area (Å²) in [6.07, 6.45) is -4.10. The number of nitrogens with zero attached hydrogens (tertiary/aromatic N) is 2. The van der Waals surface area contributed by atoms with Gasteiger partial charge in [0.1, 0.15) is 11.5 Å². The van der Waals surface area contributed by atoms with E-state index in [1.54, 1.807) is 0 Å². The van der Waals surface area contributed by atoms with Crippen molar-refractivity contribution in [2.45, 2.75) is 19.0 Å². The molecule has 0 spiro atoms. The molecule has 1 aliphatic rings. The molecule has 1 heterocycles. The van der Waals surface area contributed by atoms with Gasteiger partial charge in [0.2, 0.25) is 0 Å². The van der Waals surface area contributed by atoms with Gasteiger partial charge in [-0.2, -0.15) is 13.2 Å². The number of piperidine rings is 1. The smallest absolute Gasteiger partial charge is 0.365 e. The Morgan fingerprint density at radius 2 is 2.05 bits per heavy atom. The van der Waals surface area contributed by atoms with Gasteiger partial charge in [-0.25, -0.2) is 4.39 Å². The molecule has 0 aliphatic carbocycles. The van der Waals surface area contributed by atoms with E-state index >= 15 is 0 Å². The van der Waals surface area contributed by atoms with Crippen LogP contribution in [0.5, 0.6) is 0 Å². The molecule has 0 N–H and O–H groups in total. The predicted octanol–water partition coefficient (Wildman–Crippen LogP) is 3.51. The van der Waals surface area contributed by atoms with Crippen LogP contribution >= 0.6 is 0 Å². The summed E-state index contributed by atoms with van der Waals surface area (Å²) in [6, 6.07) is 2.81. The minimum Gasteiger partial charge on any atom is -0.365 e. The summed E-state index contributed by atoms with van der Waals surface area (Å²) >= 11 is 0. The molecule has 1 unspecified atom stereocenters. The molecule has 0 aromatic heterocycles. The molecule has 1 atom stereocenters. The van der Waals surface area contributed by atoms with Crippen molar-refractivity contribution in [1.82, 2.24) is 0 Å². The van der Waals surface area contributed by atoms with Crippen LogP contribution < -0.4 is 4.90 Å². The Bertz CT molecular complexity index is 519. The number of halogens is 4. The monoisotopic (exact) mass is 292 g/mol. The minimum atomic E-state index is -4.35. The first kappa shape index (κ1) is 14.5. The second kappa shape index (κ2) is 5.26. The van der Waals surface area contributed by atoms with Gasteiger partial charge in [-0.1, -0.05) is 0 Å². The van der Waals surface area contributed by atoms with Crippen molar-refractivity contribution in [3.63, 3.8) is 0 Å². The topological polar surface area (TPSA) is 46.4 Å². The van der Waals surface area contributed by atoms with Gasteiger partial charge in [0, 0.05) is 25.2 Å². The maximum atomic E-state index is 13.2. The van der Waals surface area contributed by atoms with Gasteiger partial charge in [-0.3, -0.25) is 10.1 Å². The molecule has 0 radical (unpaired) electrons. The van der Waals surface area contributed by atoms with E-state index in [1.165, 1.54) is 4.90 Å². The Morgan fingerprint density at radius 1 is 1.35 bits per heavy atom. The molecule has 20 heavy (non-hydrogen) atoms. The highest BCUT2D eigenvalue weighted by molar-refractivity contribution is 5.63. The van der Waals surface area contributed by atoms with E-state index < -0.39 is 22.8 Å². The minimum absolute atomic E-state index is 0.0108. The summed E-state index contributed by atoms with van der Waals surface area (Å²) in [5, 5.41) is 10.9. The van der Waals surface area contributed by atoms with E-state index in [0.717, 1.165) is 18.2 Å². The summed E-state index contributed by atoms with van der Waals surface area (Å²) in [5.74, 6) is -2.25. The average molecular weight is 292 g/mol. The van der Waals surface area contributed by atoms with E-state index in [0.29, 0.717) is 0 Å². The van der Waals surface area contributed by atoms with Gasteiger partial charge in [0.25, 0.3) is 5.69 Å². The number of hydrogen-bond acceptors (Lipinski definition) is 3. The maximum Gasteiger partial charge on any atom is 0.393 e. The molecule has 1 aromatic rings. The van der Waals surface area contributed by atoms with Crippen LogP contribution in [0, 0.1) is 21.8 Å². The summed E-state index contributed by atoms with van der Waals surface area (Å²) < 4.78 is 51.4. The fraction of sp³-hybridized carbons (Fsp3) is 0.500. The molecule has 2 rings (SSSR count). The Hall–Kier alpha value is -1.86. The lowest BCUT2D eigenvalue weighted by Crippen LogP contribution is -2.42. The number of nitro benzene ring substituents is 1. The molecular weight excluding hydrogens is 280 g/mol. The van der Waals surface area contributed by atoms with E-state index in [4.69, 9.17) is 0 Å². The van der Waals surface area contributed by atoms with Gasteiger partial charge in [-0.15, -0.1) is 0 Å². The van der Waals surface area contributed by atoms with Crippen LogP contribution in [0.15, 0.2) is 18.2 Å². The largest absolute Gasteiger partial charge is 0.393 e. The number of hydrogen-bond donors (Lipinski definition) is 0. The number of benzene rings is 1. The van der Waals surface area contributed by atoms with Gasteiger partial charge in [-0.05, 0) is 18.9 Å². The summed E-state index contributed by atoms with van der Waals surface area (Å²) in [5.41, 5.74) is -0.474. The zero-order valence-corrected chi connectivity index (χ0v) is 10.4. The third kappa shape index (κ3) is 3.00. The van der Waals surface area contributed by atoms with Crippen LogP contribution in [0.25, 0.3) is 0 Å². The predicted molar refractivity (Wildman–Crippen MR) is 64.0 cm³/mol. The van der Waals surface area contributed by atoms with Crippen molar-refractivity contribution in [3.05, 3.63) is 34.1 Å². The lowest BCUT2D eigenvalue weighted by Gasteiger charge is -2.34. The standard InChI is InChI=1S/C12H12F4N2O2/c13-9-3-4-10(18(19)20)11(6-9)17-5-1-2-8(7-17)12(14,15)16/h3-4,6,8H,1-2,5,7H2. The van der Waals surface area contributed by atoms with Gasteiger partial charge >= 0.3 is 6.18 Å². The Balaban J connectivity index is 2.31. The Labute approximate surface area is 112 Å². The molecule has 1 fully saturated rings. The molecular formula is C12H12F4N2O2. The zero-order valence-electron chi connectivity index (χ0n) is 10.4. The zero-order chi connectivity index (χ0) is 14.9. The number of nitro groups is 1. The van der Waals surface area contributed by atoms with Crippen LogP contribution in [-0.2, 0) is 0 Å². The third-order valence-corrected chi connectivity index (χ3v) is 3.36. The van der Waals surface area contributed by atoms with Crippen molar-refractivity contribution >= 4 is 11.4 Å². The van der Waals surface area contributed by atoms with Crippen molar-refractivity contribution in [2.75, 3.05) is 18.0 Å². The lowest BCUT2D eigenvalue weighted by molar-refractivity contribution is -0.384. The lowest BCUT2D eigenvalue weighted by atomic mass is 9.97. The fourth-order valence-corrected chi connectivity index (χ4v) is 2.37. The highest BCUT2D eigenvalue weighted by atomic mass is 19.4. The van der Waals surface area contributed by atoms with Crippen LogP contribution in [0.4, 0.5) is 28.9 Å². The van der Waals surface area contributed by atoms with Crippen LogP contribution in [0.2, 0.25) is 0 Å². The fourth-order valence-electron chi connectivity index (χ4n) is 2.37. The Kier molecular flexibility index (Phi) is 3.82. The molecule has 0 amide bonds. The van der Waals surface area contributed by atoms with Crippen molar-refractivity contribution < 1.29 is 22.5 Å². The molecule has 4 nitrogen and oxygen atoms in total. The summed E-state index contributed by atoms with van der Waals surface area (Å²) in [7, 11) is 0. The van der Waals surface area contributed by atoms with Gasteiger partial charge in [0.15, 0.2) is 0 Å². The first-order chi connectivity index (χ1) is 9.29. The van der Waals surface area contributed by atoms with Crippen molar-refractivity contribution in [2.24, 2.45) is 5.92 Å². The molecule has 0 saturated carbocycles. The number of alkyl halides is 3. The molecule has 1 aliphatic heterocycles. The quantitative estimate of drug-likeness (QED) is 0.476. The Morgan fingerprint density at radius 3 is 2.65 bits per heavy atom. The molecule has 1 saturated heterocycles. The van der Waals surface area contributed by atoms with Gasteiger partial charge in [0.05, 0.1) is 10.8 Å². The second-order valence-corrected chi connectivity index (χ2v) is 4.72. The van der Waals surface area contributed by atoms with E-state index in [9.17, 15) is 27.7 Å². The normalized spacial score (nSPS) is 20.0. The van der Waals surface area contributed by atoms with E-state index in [1.807, 2.05) is 0 Å². The first-order valence-corrected chi connectivity index (χ1v) is 6.04. The molecule has 8 heteroatoms.